The van der Waals surface area contributed by atoms with Gasteiger partial charge in [-0.05, 0) is 50.6 Å². The van der Waals surface area contributed by atoms with Crippen LogP contribution in [0.25, 0.3) is 0 Å². The number of rotatable bonds is 8. The van der Waals surface area contributed by atoms with Crippen LogP contribution < -0.4 is 20.1 Å². The van der Waals surface area contributed by atoms with Gasteiger partial charge in [0.25, 0.3) is 0 Å². The Labute approximate surface area is 203 Å². The highest BCUT2D eigenvalue weighted by Gasteiger charge is 2.24. The van der Waals surface area contributed by atoms with Gasteiger partial charge < -0.3 is 29.9 Å². The number of guanidine groups is 1. The molecule has 2 rings (SSSR count). The number of likely N-dealkylation sites (N-methyl/N-ethyl adjacent to an activating group) is 1. The summed E-state index contributed by atoms with van der Waals surface area (Å²) < 4.78 is 10.8. The molecule has 1 aliphatic heterocycles. The Morgan fingerprint density at radius 3 is 2.39 bits per heavy atom. The summed E-state index contributed by atoms with van der Waals surface area (Å²) in [6.45, 7) is 2.53. The molecule has 176 valence electrons. The first-order chi connectivity index (χ1) is 14.4. The van der Waals surface area contributed by atoms with Gasteiger partial charge in [0.1, 0.15) is 0 Å². The van der Waals surface area contributed by atoms with Gasteiger partial charge in [-0.15, -0.1) is 24.0 Å². The highest BCUT2D eigenvalue weighted by atomic mass is 127. The summed E-state index contributed by atoms with van der Waals surface area (Å²) in [6.07, 6.45) is 2.61. The lowest BCUT2D eigenvalue weighted by Gasteiger charge is -2.35. The molecule has 31 heavy (non-hydrogen) atoms. The molecule has 1 atom stereocenters. The van der Waals surface area contributed by atoms with Gasteiger partial charge in [0.05, 0.1) is 20.3 Å². The summed E-state index contributed by atoms with van der Waals surface area (Å²) in [7, 11) is 10.9. The minimum Gasteiger partial charge on any atom is -0.493 e. The lowest BCUT2D eigenvalue weighted by atomic mass is 9.93. The van der Waals surface area contributed by atoms with E-state index >= 15 is 0 Å². The molecule has 0 radical (unpaired) electrons. The highest BCUT2D eigenvalue weighted by molar-refractivity contribution is 14.0. The summed E-state index contributed by atoms with van der Waals surface area (Å²) in [5, 5.41) is 6.26. The van der Waals surface area contributed by atoms with Gasteiger partial charge in [-0.2, -0.15) is 0 Å². The predicted molar refractivity (Wildman–Crippen MR) is 136 cm³/mol. The fraction of sp³-hybridized carbons (Fsp3) is 0.636. The summed E-state index contributed by atoms with van der Waals surface area (Å²) in [4.78, 5) is 20.6. The molecule has 1 amide bonds. The van der Waals surface area contributed by atoms with Crippen LogP contribution in [0.4, 0.5) is 0 Å². The maximum atomic E-state index is 11.6. The average molecular weight is 547 g/mol. The molecule has 1 fully saturated rings. The summed E-state index contributed by atoms with van der Waals surface area (Å²) in [5.74, 6) is 2.92. The second-order valence-electron chi connectivity index (χ2n) is 7.83. The van der Waals surface area contributed by atoms with Crippen molar-refractivity contribution in [2.75, 3.05) is 62.0 Å². The molecule has 0 aliphatic carbocycles. The summed E-state index contributed by atoms with van der Waals surface area (Å²) in [6, 6.07) is 6.18. The van der Waals surface area contributed by atoms with Gasteiger partial charge in [0, 0.05) is 40.2 Å². The van der Waals surface area contributed by atoms with E-state index in [1.165, 1.54) is 0 Å². The van der Waals surface area contributed by atoms with Crippen LogP contribution >= 0.6 is 24.0 Å². The van der Waals surface area contributed by atoms with Crippen molar-refractivity contribution in [1.82, 2.24) is 20.4 Å². The van der Waals surface area contributed by atoms with Crippen LogP contribution in [0, 0.1) is 5.92 Å². The van der Waals surface area contributed by atoms with Gasteiger partial charge in [-0.1, -0.05) is 6.07 Å². The van der Waals surface area contributed by atoms with Crippen molar-refractivity contribution < 1.29 is 14.3 Å². The zero-order valence-corrected chi connectivity index (χ0v) is 21.9. The van der Waals surface area contributed by atoms with Gasteiger partial charge in [-0.25, -0.2) is 0 Å². The topological polar surface area (TPSA) is 78.4 Å². The van der Waals surface area contributed by atoms with Gasteiger partial charge >= 0.3 is 0 Å². The number of methoxy groups -OCH3 is 2. The lowest BCUT2D eigenvalue weighted by molar-refractivity contribution is -0.121. The van der Waals surface area contributed by atoms with E-state index in [0.29, 0.717) is 18.9 Å². The first-order valence-electron chi connectivity index (χ1n) is 10.5. The Balaban J connectivity index is 0.00000480. The van der Waals surface area contributed by atoms with Crippen LogP contribution in [-0.2, 0) is 4.79 Å². The number of carbonyl (C=O) groups is 1. The standard InChI is InChI=1S/C22H37N5O3.HI/c1-23-21(28)13-16-9-11-27(12-10-16)22(24-2)25-15-18(26(3)4)17-7-8-19(29-5)20(14-17)30-6;/h7-8,14,16,18H,9-13,15H2,1-6H3,(H,23,28)(H,24,25);1H. The number of halogens is 1. The Bertz CT molecular complexity index is 721. The number of piperidine rings is 1. The molecule has 1 unspecified atom stereocenters. The van der Waals surface area contributed by atoms with E-state index in [1.807, 2.05) is 19.2 Å². The fourth-order valence-corrected chi connectivity index (χ4v) is 3.89. The number of nitrogens with zero attached hydrogens (tertiary/aromatic N) is 3. The zero-order valence-electron chi connectivity index (χ0n) is 19.6. The smallest absolute Gasteiger partial charge is 0.220 e. The Morgan fingerprint density at radius 2 is 1.87 bits per heavy atom. The fourth-order valence-electron chi connectivity index (χ4n) is 3.89. The second kappa shape index (κ2) is 13.6. The van der Waals surface area contributed by atoms with Crippen molar-refractivity contribution in [2.45, 2.75) is 25.3 Å². The molecule has 0 spiro atoms. The lowest BCUT2D eigenvalue weighted by Crippen LogP contribution is -2.47. The van der Waals surface area contributed by atoms with Crippen molar-refractivity contribution >= 4 is 35.8 Å². The number of nitrogens with one attached hydrogen (secondary N) is 2. The second-order valence-corrected chi connectivity index (χ2v) is 7.83. The van der Waals surface area contributed by atoms with Crippen LogP contribution in [0.5, 0.6) is 11.5 Å². The number of likely N-dealkylation sites (tertiary alicyclic amines) is 1. The monoisotopic (exact) mass is 547 g/mol. The molecule has 2 N–H and O–H groups in total. The van der Waals surface area contributed by atoms with E-state index in [-0.39, 0.29) is 35.9 Å². The average Bonchev–Trinajstić information content (AvgIpc) is 2.76. The third-order valence-corrected chi connectivity index (χ3v) is 5.75. The SMILES string of the molecule is CN=C(NCC(c1ccc(OC)c(OC)c1)N(C)C)N1CCC(CC(=O)NC)CC1.I. The van der Waals surface area contributed by atoms with Crippen LogP contribution in [0.1, 0.15) is 30.9 Å². The number of aliphatic imine (C=N–C) groups is 1. The van der Waals surface area contributed by atoms with Crippen LogP contribution in [0.3, 0.4) is 0 Å². The zero-order chi connectivity index (χ0) is 22.1. The first kappa shape index (κ1) is 27.3. The molecule has 1 aromatic carbocycles. The van der Waals surface area contributed by atoms with Gasteiger partial charge in [-0.3, -0.25) is 9.79 Å². The third-order valence-electron chi connectivity index (χ3n) is 5.75. The largest absolute Gasteiger partial charge is 0.493 e. The quantitative estimate of drug-likeness (QED) is 0.296. The number of hydrogen-bond acceptors (Lipinski definition) is 5. The minimum atomic E-state index is 0. The first-order valence-corrected chi connectivity index (χ1v) is 10.5. The Kier molecular flexibility index (Phi) is 12.0. The van der Waals surface area contributed by atoms with Gasteiger partial charge in [0.2, 0.25) is 5.91 Å². The van der Waals surface area contributed by atoms with E-state index < -0.39 is 0 Å². The third kappa shape index (κ3) is 7.71. The van der Waals surface area contributed by atoms with Crippen LogP contribution in [0.2, 0.25) is 0 Å². The molecule has 1 aliphatic rings. The van der Waals surface area contributed by atoms with E-state index in [2.05, 4.69) is 45.6 Å². The molecule has 8 nitrogen and oxygen atoms in total. The van der Waals surface area contributed by atoms with Crippen molar-refractivity contribution in [1.29, 1.82) is 0 Å². The highest BCUT2D eigenvalue weighted by Crippen LogP contribution is 2.31. The maximum absolute atomic E-state index is 11.6. The number of ether oxygens (including phenoxy) is 2. The Hall–Kier alpha value is -1.75. The molecular weight excluding hydrogens is 509 g/mol. The predicted octanol–water partition coefficient (Wildman–Crippen LogP) is 2.35. The summed E-state index contributed by atoms with van der Waals surface area (Å²) in [5.41, 5.74) is 1.14. The molecule has 1 aromatic rings. The van der Waals surface area contributed by atoms with E-state index in [1.54, 1.807) is 21.3 Å². The number of carbonyl (C=O) groups excluding carboxylic acids is 1. The van der Waals surface area contributed by atoms with Crippen molar-refractivity contribution in [3.63, 3.8) is 0 Å². The van der Waals surface area contributed by atoms with Crippen LogP contribution in [0.15, 0.2) is 23.2 Å². The molecule has 0 aromatic heterocycles. The number of amides is 1. The summed E-state index contributed by atoms with van der Waals surface area (Å²) >= 11 is 0. The molecule has 9 heteroatoms. The molecule has 1 saturated heterocycles. The van der Waals surface area contributed by atoms with E-state index in [9.17, 15) is 4.79 Å². The molecule has 0 bridgehead atoms. The van der Waals surface area contributed by atoms with Crippen molar-refractivity contribution in [3.05, 3.63) is 23.8 Å². The maximum Gasteiger partial charge on any atom is 0.220 e. The minimum absolute atomic E-state index is 0. The van der Waals surface area contributed by atoms with E-state index in [0.717, 1.165) is 49.0 Å². The van der Waals surface area contributed by atoms with Crippen molar-refractivity contribution in [2.24, 2.45) is 10.9 Å². The normalized spacial score (nSPS) is 15.8. The van der Waals surface area contributed by atoms with Gasteiger partial charge in [0.15, 0.2) is 17.5 Å². The number of benzene rings is 1. The molecular formula is C22H38IN5O3. The van der Waals surface area contributed by atoms with Crippen LogP contribution in [-0.4, -0.2) is 83.7 Å². The molecule has 0 saturated carbocycles. The number of hydrogen-bond donors (Lipinski definition) is 2. The van der Waals surface area contributed by atoms with Crippen molar-refractivity contribution in [3.8, 4) is 11.5 Å². The Morgan fingerprint density at radius 1 is 1.23 bits per heavy atom. The van der Waals surface area contributed by atoms with E-state index in [4.69, 9.17) is 9.47 Å². The molecule has 1 heterocycles.